The second-order valence-electron chi connectivity index (χ2n) is 8.15. The molecule has 8 heteroatoms. The molecule has 1 saturated carbocycles. The number of benzene rings is 1. The molecule has 0 heterocycles. The molecule has 2 rings (SSSR count). The Hall–Kier alpha value is -1.93. The van der Waals surface area contributed by atoms with Crippen LogP contribution in [0.5, 0.6) is 0 Å². The van der Waals surface area contributed by atoms with Gasteiger partial charge in [0, 0.05) is 0 Å². The van der Waals surface area contributed by atoms with E-state index in [0.29, 0.717) is 17.8 Å². The van der Waals surface area contributed by atoms with Crippen LogP contribution in [0.3, 0.4) is 0 Å². The van der Waals surface area contributed by atoms with Crippen LogP contribution in [0.2, 0.25) is 0 Å². The third kappa shape index (κ3) is 7.12. The minimum Gasteiger partial charge on any atom is -0.460 e. The van der Waals surface area contributed by atoms with Crippen molar-refractivity contribution >= 4 is 22.0 Å². The molecular formula is C21H31NO6S. The Morgan fingerprint density at radius 1 is 1.14 bits per heavy atom. The Bertz CT molecular complexity index is 803. The highest BCUT2D eigenvalue weighted by Gasteiger charge is 2.33. The summed E-state index contributed by atoms with van der Waals surface area (Å²) in [4.78, 5) is 24.0. The van der Waals surface area contributed by atoms with Gasteiger partial charge in [0.15, 0.2) is 6.61 Å². The third-order valence-corrected chi connectivity index (χ3v) is 6.75. The van der Waals surface area contributed by atoms with Crippen molar-refractivity contribution in [2.24, 2.45) is 17.8 Å². The molecule has 0 aliphatic heterocycles. The van der Waals surface area contributed by atoms with Crippen molar-refractivity contribution in [2.45, 2.75) is 58.0 Å². The Morgan fingerprint density at radius 2 is 1.79 bits per heavy atom. The lowest BCUT2D eigenvalue weighted by molar-refractivity contribution is -0.166. The molecule has 3 atom stereocenters. The van der Waals surface area contributed by atoms with Crippen molar-refractivity contribution in [3.8, 4) is 0 Å². The van der Waals surface area contributed by atoms with Crippen LogP contribution in [-0.4, -0.2) is 39.6 Å². The van der Waals surface area contributed by atoms with Crippen molar-refractivity contribution in [3.05, 3.63) is 29.8 Å². The van der Waals surface area contributed by atoms with E-state index in [0.717, 1.165) is 24.8 Å². The van der Waals surface area contributed by atoms with E-state index < -0.39 is 35.1 Å². The van der Waals surface area contributed by atoms with E-state index in [1.54, 1.807) is 12.1 Å². The molecule has 0 aromatic heterocycles. The Labute approximate surface area is 173 Å². The van der Waals surface area contributed by atoms with Crippen molar-refractivity contribution in [1.82, 2.24) is 4.72 Å². The number of nitrogens with one attached hydrogen (secondary N) is 1. The summed E-state index contributed by atoms with van der Waals surface area (Å²) in [5.41, 5.74) is 0.925. The van der Waals surface area contributed by atoms with Crippen LogP contribution in [0.15, 0.2) is 29.2 Å². The first-order valence-electron chi connectivity index (χ1n) is 10.00. The first-order chi connectivity index (χ1) is 13.6. The number of esters is 2. The molecule has 162 valence electrons. The number of aryl methyl sites for hydroxylation is 1. The van der Waals surface area contributed by atoms with Crippen molar-refractivity contribution in [1.29, 1.82) is 0 Å². The number of carbonyl (C=O) groups is 2. The summed E-state index contributed by atoms with van der Waals surface area (Å²) in [5, 5.41) is 0. The van der Waals surface area contributed by atoms with Gasteiger partial charge >= 0.3 is 11.9 Å². The molecule has 0 saturated heterocycles. The van der Waals surface area contributed by atoms with Gasteiger partial charge in [0.1, 0.15) is 12.6 Å². The van der Waals surface area contributed by atoms with Crippen LogP contribution in [-0.2, 0) is 29.1 Å². The van der Waals surface area contributed by atoms with Crippen molar-refractivity contribution in [2.75, 3.05) is 13.2 Å². The van der Waals surface area contributed by atoms with E-state index in [-0.39, 0.29) is 11.0 Å². The van der Waals surface area contributed by atoms with Gasteiger partial charge in [-0.1, -0.05) is 44.9 Å². The monoisotopic (exact) mass is 425 g/mol. The Kier molecular flexibility index (Phi) is 8.22. The van der Waals surface area contributed by atoms with E-state index in [4.69, 9.17) is 9.47 Å². The molecule has 0 unspecified atom stereocenters. The molecule has 1 fully saturated rings. The standard InChI is InChI=1S/C21H31NO6S/c1-14(2)18-10-7-16(4)11-19(18)28-21(24)13-27-20(23)12-22-29(25,26)17-8-5-15(3)6-9-17/h5-6,8-9,14,16,18-19,22H,7,10-13H2,1-4H3/t16-,18+,19+/m0/s1. The number of hydrogen-bond donors (Lipinski definition) is 1. The molecule has 1 aromatic carbocycles. The second-order valence-corrected chi connectivity index (χ2v) is 9.92. The largest absolute Gasteiger partial charge is 0.460 e. The van der Waals surface area contributed by atoms with E-state index >= 15 is 0 Å². The van der Waals surface area contributed by atoms with Crippen LogP contribution in [0.25, 0.3) is 0 Å². The van der Waals surface area contributed by atoms with Gasteiger partial charge in [0.05, 0.1) is 4.90 Å². The molecule has 1 aromatic rings. The first kappa shape index (κ1) is 23.3. The molecule has 0 bridgehead atoms. The smallest absolute Gasteiger partial charge is 0.344 e. The maximum atomic E-state index is 12.2. The fourth-order valence-corrected chi connectivity index (χ4v) is 4.57. The summed E-state index contributed by atoms with van der Waals surface area (Å²) >= 11 is 0. The number of carbonyl (C=O) groups excluding carboxylic acids is 2. The van der Waals surface area contributed by atoms with Gasteiger partial charge in [0.2, 0.25) is 10.0 Å². The fourth-order valence-electron chi connectivity index (χ4n) is 3.60. The summed E-state index contributed by atoms with van der Waals surface area (Å²) in [6.07, 6.45) is 2.76. The molecule has 0 radical (unpaired) electrons. The van der Waals surface area contributed by atoms with Crippen LogP contribution in [0, 0.1) is 24.7 Å². The summed E-state index contributed by atoms with van der Waals surface area (Å²) in [5.74, 6) is -0.257. The van der Waals surface area contributed by atoms with Gasteiger partial charge in [-0.25, -0.2) is 13.2 Å². The SMILES string of the molecule is Cc1ccc(S(=O)(=O)NCC(=O)OCC(=O)O[C@@H]2C[C@@H](C)CC[C@@H]2C(C)C)cc1. The second kappa shape index (κ2) is 10.2. The summed E-state index contributed by atoms with van der Waals surface area (Å²) in [7, 11) is -3.82. The minimum atomic E-state index is -3.82. The molecule has 7 nitrogen and oxygen atoms in total. The third-order valence-electron chi connectivity index (χ3n) is 5.33. The zero-order valence-electron chi connectivity index (χ0n) is 17.5. The molecule has 29 heavy (non-hydrogen) atoms. The van der Waals surface area contributed by atoms with Gasteiger partial charge in [0.25, 0.3) is 0 Å². The van der Waals surface area contributed by atoms with Crippen LogP contribution in [0.1, 0.15) is 45.6 Å². The first-order valence-corrected chi connectivity index (χ1v) is 11.5. The number of rotatable bonds is 8. The van der Waals surface area contributed by atoms with Gasteiger partial charge < -0.3 is 9.47 Å². The lowest BCUT2D eigenvalue weighted by Gasteiger charge is -2.36. The van der Waals surface area contributed by atoms with Crippen LogP contribution >= 0.6 is 0 Å². The van der Waals surface area contributed by atoms with E-state index in [1.807, 2.05) is 6.92 Å². The Balaban J connectivity index is 1.79. The molecule has 1 N–H and O–H groups in total. The van der Waals surface area contributed by atoms with E-state index in [9.17, 15) is 18.0 Å². The zero-order valence-corrected chi connectivity index (χ0v) is 18.3. The zero-order chi connectivity index (χ0) is 21.6. The lowest BCUT2D eigenvalue weighted by Crippen LogP contribution is -2.37. The number of ether oxygens (including phenoxy) is 2. The van der Waals surface area contributed by atoms with Gasteiger partial charge in [-0.05, 0) is 49.7 Å². The van der Waals surface area contributed by atoms with Crippen LogP contribution in [0.4, 0.5) is 0 Å². The highest BCUT2D eigenvalue weighted by Crippen LogP contribution is 2.35. The fraction of sp³-hybridized carbons (Fsp3) is 0.619. The average Bonchev–Trinajstić information content (AvgIpc) is 2.65. The maximum absolute atomic E-state index is 12.2. The molecular weight excluding hydrogens is 394 g/mol. The highest BCUT2D eigenvalue weighted by atomic mass is 32.2. The normalized spacial score (nSPS) is 22.3. The summed E-state index contributed by atoms with van der Waals surface area (Å²) < 4.78 is 36.9. The predicted octanol–water partition coefficient (Wildman–Crippen LogP) is 2.82. The van der Waals surface area contributed by atoms with Gasteiger partial charge in [-0.3, -0.25) is 4.79 Å². The van der Waals surface area contributed by atoms with Gasteiger partial charge in [-0.2, -0.15) is 4.72 Å². The van der Waals surface area contributed by atoms with Crippen molar-refractivity contribution < 1.29 is 27.5 Å². The van der Waals surface area contributed by atoms with Gasteiger partial charge in [-0.15, -0.1) is 0 Å². The summed E-state index contributed by atoms with van der Waals surface area (Å²) in [6, 6.07) is 6.24. The maximum Gasteiger partial charge on any atom is 0.344 e. The minimum absolute atomic E-state index is 0.0569. The molecule has 1 aliphatic carbocycles. The molecule has 0 amide bonds. The highest BCUT2D eigenvalue weighted by molar-refractivity contribution is 7.89. The predicted molar refractivity (Wildman–Crippen MR) is 109 cm³/mol. The number of sulfonamides is 1. The molecule has 0 spiro atoms. The topological polar surface area (TPSA) is 98.8 Å². The van der Waals surface area contributed by atoms with Crippen LogP contribution < -0.4 is 4.72 Å². The average molecular weight is 426 g/mol. The van der Waals surface area contributed by atoms with Crippen molar-refractivity contribution in [3.63, 3.8) is 0 Å². The number of hydrogen-bond acceptors (Lipinski definition) is 6. The quantitative estimate of drug-likeness (QED) is 0.643. The molecule has 1 aliphatic rings. The Morgan fingerprint density at radius 3 is 2.41 bits per heavy atom. The van der Waals surface area contributed by atoms with E-state index in [2.05, 4.69) is 25.5 Å². The lowest BCUT2D eigenvalue weighted by atomic mass is 9.75. The van der Waals surface area contributed by atoms with E-state index in [1.165, 1.54) is 12.1 Å². The summed E-state index contributed by atoms with van der Waals surface area (Å²) in [6.45, 7) is 7.12.